The van der Waals surface area contributed by atoms with Crippen LogP contribution >= 0.6 is 0 Å². The second kappa shape index (κ2) is 10.2. The van der Waals surface area contributed by atoms with Gasteiger partial charge in [0.2, 0.25) is 0 Å². The lowest BCUT2D eigenvalue weighted by atomic mass is 9.91. The summed E-state index contributed by atoms with van der Waals surface area (Å²) >= 11 is 0. The van der Waals surface area contributed by atoms with Crippen LogP contribution in [-0.2, 0) is 4.53 Å². The van der Waals surface area contributed by atoms with Gasteiger partial charge in [-0.15, -0.1) is 5.16 Å². The van der Waals surface area contributed by atoms with Gasteiger partial charge in [0.25, 0.3) is 0 Å². The molecule has 4 rings (SSSR count). The minimum absolute atomic E-state index is 0.130. The molecule has 0 saturated heterocycles. The van der Waals surface area contributed by atoms with Gasteiger partial charge >= 0.3 is 8.32 Å². The standard InChI is InChI=1S/C27H28N2OSi/c28-22-23-12-10-11-13-24(21-20-23)29-30-31(25-14-4-1-5-15-25,26-16-6-2-7-17-26)27-18-8-3-9-19-27/h1-9,14-19,23H,10-13,20-21H2/b29-24-. The number of hydrogen-bond donors (Lipinski definition) is 0. The number of hydrogen-bond acceptors (Lipinski definition) is 3. The molecule has 3 nitrogen and oxygen atoms in total. The van der Waals surface area contributed by atoms with Crippen LogP contribution in [-0.4, -0.2) is 14.0 Å². The van der Waals surface area contributed by atoms with Crippen LogP contribution in [0, 0.1) is 17.2 Å². The van der Waals surface area contributed by atoms with E-state index in [0.717, 1.165) is 44.2 Å². The van der Waals surface area contributed by atoms with E-state index in [1.54, 1.807) is 0 Å². The van der Waals surface area contributed by atoms with Crippen molar-refractivity contribution in [2.45, 2.75) is 38.5 Å². The molecule has 0 radical (unpaired) electrons. The van der Waals surface area contributed by atoms with Gasteiger partial charge in [-0.25, -0.2) is 0 Å². The molecule has 0 N–H and O–H groups in total. The van der Waals surface area contributed by atoms with Gasteiger partial charge in [0, 0.05) is 5.92 Å². The van der Waals surface area contributed by atoms with E-state index in [0.29, 0.717) is 0 Å². The highest BCUT2D eigenvalue weighted by Gasteiger charge is 2.45. The summed E-state index contributed by atoms with van der Waals surface area (Å²) in [6, 6.07) is 34.0. The van der Waals surface area contributed by atoms with Crippen molar-refractivity contribution in [2.24, 2.45) is 11.1 Å². The summed E-state index contributed by atoms with van der Waals surface area (Å²) in [6.45, 7) is 0. The smallest absolute Gasteiger partial charge is 0.380 e. The minimum Gasteiger partial charge on any atom is -0.438 e. The van der Waals surface area contributed by atoms with Gasteiger partial charge in [0.1, 0.15) is 0 Å². The quantitative estimate of drug-likeness (QED) is 0.343. The predicted octanol–water partition coefficient (Wildman–Crippen LogP) is 4.52. The number of nitrogens with zero attached hydrogens (tertiary/aromatic N) is 2. The average molecular weight is 425 g/mol. The Kier molecular flexibility index (Phi) is 6.96. The Labute approximate surface area is 186 Å². The van der Waals surface area contributed by atoms with E-state index >= 15 is 0 Å². The third-order valence-electron chi connectivity index (χ3n) is 6.08. The minimum atomic E-state index is -2.81. The third kappa shape index (κ3) is 4.78. The zero-order valence-corrected chi connectivity index (χ0v) is 18.8. The van der Waals surface area contributed by atoms with E-state index < -0.39 is 8.32 Å². The van der Waals surface area contributed by atoms with Crippen molar-refractivity contribution >= 4 is 29.6 Å². The number of nitriles is 1. The maximum Gasteiger partial charge on any atom is 0.380 e. The van der Waals surface area contributed by atoms with E-state index in [2.05, 4.69) is 78.9 Å². The first-order chi connectivity index (χ1) is 15.3. The second-order valence-electron chi connectivity index (χ2n) is 8.14. The van der Waals surface area contributed by atoms with Gasteiger partial charge in [0.05, 0.1) is 11.8 Å². The molecule has 1 unspecified atom stereocenters. The Morgan fingerprint density at radius 3 is 1.71 bits per heavy atom. The zero-order chi connectivity index (χ0) is 21.4. The van der Waals surface area contributed by atoms with Crippen LogP contribution in [0.3, 0.4) is 0 Å². The summed E-state index contributed by atoms with van der Waals surface area (Å²) < 4.78 is 6.74. The molecule has 0 bridgehead atoms. The van der Waals surface area contributed by atoms with Crippen LogP contribution in [0.15, 0.2) is 96.2 Å². The van der Waals surface area contributed by atoms with Gasteiger partial charge in [-0.3, -0.25) is 0 Å². The fourth-order valence-corrected chi connectivity index (χ4v) is 7.93. The lowest BCUT2D eigenvalue weighted by molar-refractivity contribution is 0.343. The summed E-state index contributed by atoms with van der Waals surface area (Å²) in [5, 5.41) is 17.7. The van der Waals surface area contributed by atoms with Crippen molar-refractivity contribution in [3.05, 3.63) is 91.0 Å². The third-order valence-corrected chi connectivity index (χ3v) is 9.89. The van der Waals surface area contributed by atoms with Crippen LogP contribution in [0.5, 0.6) is 0 Å². The van der Waals surface area contributed by atoms with Crippen LogP contribution in [0.2, 0.25) is 0 Å². The molecule has 0 heterocycles. The molecule has 3 aromatic carbocycles. The molecule has 0 aliphatic heterocycles. The second-order valence-corrected chi connectivity index (χ2v) is 11.4. The van der Waals surface area contributed by atoms with Crippen molar-refractivity contribution in [3.8, 4) is 6.07 Å². The van der Waals surface area contributed by atoms with Crippen LogP contribution in [0.4, 0.5) is 0 Å². The first-order valence-electron chi connectivity index (χ1n) is 11.1. The Balaban J connectivity index is 1.80. The molecule has 0 amide bonds. The molecule has 1 aliphatic rings. The Morgan fingerprint density at radius 1 is 0.710 bits per heavy atom. The summed E-state index contributed by atoms with van der Waals surface area (Å²) in [4.78, 5) is 0. The Morgan fingerprint density at radius 2 is 1.23 bits per heavy atom. The molecule has 0 spiro atoms. The summed E-state index contributed by atoms with van der Waals surface area (Å²) in [6.07, 6.45) is 5.80. The van der Waals surface area contributed by atoms with Crippen molar-refractivity contribution < 1.29 is 4.53 Å². The number of oxime groups is 1. The van der Waals surface area contributed by atoms with Gasteiger partial charge in [0.15, 0.2) is 0 Å². The molecule has 1 fully saturated rings. The highest BCUT2D eigenvalue weighted by Crippen LogP contribution is 2.21. The molecule has 1 aliphatic carbocycles. The molecular weight excluding hydrogens is 396 g/mol. The van der Waals surface area contributed by atoms with E-state index in [9.17, 15) is 5.26 Å². The SMILES string of the molecule is N#CC1CCCC/C(=N/O[Si](c2ccccc2)(c2ccccc2)c2ccccc2)CC1. The molecule has 1 saturated carbocycles. The first-order valence-corrected chi connectivity index (χ1v) is 13.0. The van der Waals surface area contributed by atoms with Crippen molar-refractivity contribution in [2.75, 3.05) is 0 Å². The van der Waals surface area contributed by atoms with Crippen LogP contribution in [0.25, 0.3) is 0 Å². The fraction of sp³-hybridized carbons (Fsp3) is 0.259. The summed E-state index contributed by atoms with van der Waals surface area (Å²) in [7, 11) is -2.81. The predicted molar refractivity (Wildman–Crippen MR) is 129 cm³/mol. The Hall–Kier alpha value is -3.16. The van der Waals surface area contributed by atoms with Gasteiger partial charge in [-0.05, 0) is 47.7 Å². The fourth-order valence-electron chi connectivity index (χ4n) is 4.36. The van der Waals surface area contributed by atoms with E-state index in [1.165, 1.54) is 15.6 Å². The summed E-state index contributed by atoms with van der Waals surface area (Å²) in [5.41, 5.74) is 1.08. The van der Waals surface area contributed by atoms with Crippen LogP contribution in [0.1, 0.15) is 38.5 Å². The summed E-state index contributed by atoms with van der Waals surface area (Å²) in [5.74, 6) is 0.130. The monoisotopic (exact) mass is 424 g/mol. The van der Waals surface area contributed by atoms with E-state index in [4.69, 9.17) is 9.68 Å². The van der Waals surface area contributed by atoms with Crippen molar-refractivity contribution in [1.82, 2.24) is 0 Å². The van der Waals surface area contributed by atoms with Crippen molar-refractivity contribution in [1.29, 1.82) is 5.26 Å². The van der Waals surface area contributed by atoms with Gasteiger partial charge in [-0.2, -0.15) is 5.26 Å². The lowest BCUT2D eigenvalue weighted by Crippen LogP contribution is -2.68. The van der Waals surface area contributed by atoms with Gasteiger partial charge in [-0.1, -0.05) is 97.4 Å². The van der Waals surface area contributed by atoms with Crippen molar-refractivity contribution in [3.63, 3.8) is 0 Å². The van der Waals surface area contributed by atoms with Crippen LogP contribution < -0.4 is 15.6 Å². The molecular formula is C27H28N2OSi. The number of rotatable bonds is 5. The average Bonchev–Trinajstić information content (AvgIpc) is 2.83. The molecule has 4 heteroatoms. The van der Waals surface area contributed by atoms with Gasteiger partial charge < -0.3 is 4.53 Å². The maximum absolute atomic E-state index is 9.39. The molecule has 156 valence electrons. The Bertz CT molecular complexity index is 932. The van der Waals surface area contributed by atoms with E-state index in [-0.39, 0.29) is 5.92 Å². The topological polar surface area (TPSA) is 45.4 Å². The molecule has 0 aromatic heterocycles. The normalized spacial score (nSPS) is 18.5. The largest absolute Gasteiger partial charge is 0.438 e. The molecule has 1 atom stereocenters. The highest BCUT2D eigenvalue weighted by molar-refractivity contribution is 7.07. The molecule has 3 aromatic rings. The highest BCUT2D eigenvalue weighted by atomic mass is 28.4. The lowest BCUT2D eigenvalue weighted by Gasteiger charge is -2.30. The maximum atomic E-state index is 9.39. The first kappa shape index (κ1) is 21.1. The number of benzene rings is 3. The van der Waals surface area contributed by atoms with E-state index in [1.807, 2.05) is 18.2 Å². The molecule has 31 heavy (non-hydrogen) atoms. The zero-order valence-electron chi connectivity index (χ0n) is 17.8.